The number of aryl methyl sites for hydroxylation is 2. The van der Waals surface area contributed by atoms with Crippen molar-refractivity contribution in [2.45, 2.75) is 78.3 Å². The van der Waals surface area contributed by atoms with E-state index in [1.54, 1.807) is 0 Å². The third kappa shape index (κ3) is 3.43. The summed E-state index contributed by atoms with van der Waals surface area (Å²) in [5.41, 5.74) is 5.45. The van der Waals surface area contributed by atoms with Crippen molar-refractivity contribution in [2.24, 2.45) is 11.3 Å². The maximum absolute atomic E-state index is 6.54. The van der Waals surface area contributed by atoms with Gasteiger partial charge in [0.15, 0.2) is 0 Å². The summed E-state index contributed by atoms with van der Waals surface area (Å²) in [7, 11) is 0. The predicted molar refractivity (Wildman–Crippen MR) is 88.3 cm³/mol. The van der Waals surface area contributed by atoms with Crippen LogP contribution in [0.5, 0.6) is 0 Å². The minimum Gasteiger partial charge on any atom is -0.271 e. The van der Waals surface area contributed by atoms with Crippen molar-refractivity contribution in [3.63, 3.8) is 0 Å². The number of nitrogens with two attached hydrogens (primary N) is 1. The monoisotopic (exact) mass is 312 g/mol. The first-order chi connectivity index (χ1) is 10.1. The zero-order valence-corrected chi connectivity index (χ0v) is 14.3. The van der Waals surface area contributed by atoms with Gasteiger partial charge in [-0.05, 0) is 31.6 Å². The molecule has 21 heavy (non-hydrogen) atoms. The number of hydrazine groups is 1. The first-order valence-electron chi connectivity index (χ1n) is 8.26. The molecule has 0 amide bonds. The van der Waals surface area contributed by atoms with Crippen molar-refractivity contribution in [3.05, 3.63) is 16.4 Å². The number of halogens is 1. The molecule has 0 spiro atoms. The molecule has 0 aromatic carbocycles. The standard InChI is InChI=1S/C16H29ClN4/c1-4-12-15(17)13(21(5-2)20-12)11-14(19-18)16(3)9-7-6-8-10-16/h14,19H,4-11,18H2,1-3H3. The van der Waals surface area contributed by atoms with Gasteiger partial charge >= 0.3 is 0 Å². The van der Waals surface area contributed by atoms with E-state index in [4.69, 9.17) is 17.4 Å². The Morgan fingerprint density at radius 1 is 1.33 bits per heavy atom. The Balaban J connectivity index is 2.24. The van der Waals surface area contributed by atoms with E-state index in [9.17, 15) is 0 Å². The summed E-state index contributed by atoms with van der Waals surface area (Å²) in [4.78, 5) is 0. The lowest BCUT2D eigenvalue weighted by atomic mass is 9.69. The molecule has 1 saturated carbocycles. The minimum atomic E-state index is 0.252. The molecular weight excluding hydrogens is 284 g/mol. The van der Waals surface area contributed by atoms with Crippen LogP contribution in [0.3, 0.4) is 0 Å². The molecule has 1 aromatic heterocycles. The summed E-state index contributed by atoms with van der Waals surface area (Å²) in [6, 6.07) is 0.252. The van der Waals surface area contributed by atoms with E-state index >= 15 is 0 Å². The quantitative estimate of drug-likeness (QED) is 0.624. The highest BCUT2D eigenvalue weighted by atomic mass is 35.5. The van der Waals surface area contributed by atoms with Crippen LogP contribution in [0.15, 0.2) is 0 Å². The largest absolute Gasteiger partial charge is 0.271 e. The van der Waals surface area contributed by atoms with Crippen LogP contribution in [0.25, 0.3) is 0 Å². The number of nitrogens with zero attached hydrogens (tertiary/aromatic N) is 2. The molecule has 0 aliphatic heterocycles. The lowest BCUT2D eigenvalue weighted by molar-refractivity contribution is 0.142. The number of nitrogens with one attached hydrogen (secondary N) is 1. The molecule has 0 bridgehead atoms. The topological polar surface area (TPSA) is 55.9 Å². The van der Waals surface area contributed by atoms with Crippen molar-refractivity contribution in [1.29, 1.82) is 0 Å². The van der Waals surface area contributed by atoms with Gasteiger partial charge in [0.1, 0.15) is 0 Å². The highest BCUT2D eigenvalue weighted by Crippen LogP contribution is 2.40. The summed E-state index contributed by atoms with van der Waals surface area (Å²) < 4.78 is 2.04. The highest BCUT2D eigenvalue weighted by molar-refractivity contribution is 6.31. The molecule has 5 heteroatoms. The maximum Gasteiger partial charge on any atom is 0.0850 e. The fourth-order valence-electron chi connectivity index (χ4n) is 3.62. The second-order valence-corrected chi connectivity index (χ2v) is 6.89. The first-order valence-corrected chi connectivity index (χ1v) is 8.63. The van der Waals surface area contributed by atoms with Gasteiger partial charge in [-0.3, -0.25) is 16.0 Å². The predicted octanol–water partition coefficient (Wildman–Crippen LogP) is 3.46. The molecular formula is C16H29ClN4. The van der Waals surface area contributed by atoms with E-state index in [1.807, 2.05) is 4.68 Å². The lowest BCUT2D eigenvalue weighted by Gasteiger charge is -2.40. The van der Waals surface area contributed by atoms with Gasteiger partial charge < -0.3 is 0 Å². The minimum absolute atomic E-state index is 0.252. The molecule has 1 fully saturated rings. The van der Waals surface area contributed by atoms with Crippen molar-refractivity contribution in [3.8, 4) is 0 Å². The Bertz CT molecular complexity index is 463. The second kappa shape index (κ2) is 7.12. The van der Waals surface area contributed by atoms with Crippen molar-refractivity contribution in [1.82, 2.24) is 15.2 Å². The summed E-state index contributed by atoms with van der Waals surface area (Å²) in [5, 5.41) is 5.45. The highest BCUT2D eigenvalue weighted by Gasteiger charge is 2.36. The number of rotatable bonds is 6. The SMILES string of the molecule is CCc1nn(CC)c(CC(NN)C2(C)CCCCC2)c1Cl. The average molecular weight is 313 g/mol. The smallest absolute Gasteiger partial charge is 0.0850 e. The van der Waals surface area contributed by atoms with E-state index in [0.29, 0.717) is 0 Å². The first kappa shape index (κ1) is 16.8. The van der Waals surface area contributed by atoms with Crippen LogP contribution in [-0.4, -0.2) is 15.8 Å². The van der Waals surface area contributed by atoms with Crippen LogP contribution in [0.1, 0.15) is 64.3 Å². The van der Waals surface area contributed by atoms with Gasteiger partial charge in [-0.25, -0.2) is 0 Å². The Morgan fingerprint density at radius 2 is 2.00 bits per heavy atom. The Hall–Kier alpha value is -0.580. The fourth-order valence-corrected chi connectivity index (χ4v) is 3.97. The number of hydrogen-bond donors (Lipinski definition) is 2. The normalized spacial score (nSPS) is 19.7. The van der Waals surface area contributed by atoms with E-state index in [2.05, 4.69) is 31.3 Å². The van der Waals surface area contributed by atoms with E-state index in [-0.39, 0.29) is 11.5 Å². The van der Waals surface area contributed by atoms with Crippen LogP contribution in [0.4, 0.5) is 0 Å². The van der Waals surface area contributed by atoms with Gasteiger partial charge in [0.05, 0.1) is 16.4 Å². The van der Waals surface area contributed by atoms with E-state index in [0.717, 1.165) is 35.8 Å². The van der Waals surface area contributed by atoms with Gasteiger partial charge in [-0.1, -0.05) is 44.7 Å². The number of hydrogen-bond acceptors (Lipinski definition) is 3. The van der Waals surface area contributed by atoms with Crippen molar-refractivity contribution in [2.75, 3.05) is 0 Å². The molecule has 120 valence electrons. The zero-order valence-electron chi connectivity index (χ0n) is 13.6. The molecule has 1 aromatic rings. The average Bonchev–Trinajstić information content (AvgIpc) is 2.80. The number of aromatic nitrogens is 2. The molecule has 0 radical (unpaired) electrons. The molecule has 3 N–H and O–H groups in total. The molecule has 1 aliphatic rings. The molecule has 1 aliphatic carbocycles. The van der Waals surface area contributed by atoms with Crippen LogP contribution < -0.4 is 11.3 Å². The van der Waals surface area contributed by atoms with Crippen molar-refractivity contribution < 1.29 is 0 Å². The molecule has 0 saturated heterocycles. The Kier molecular flexibility index (Phi) is 5.69. The fraction of sp³-hybridized carbons (Fsp3) is 0.812. The third-order valence-corrected chi connectivity index (χ3v) is 5.57. The summed E-state index contributed by atoms with van der Waals surface area (Å²) in [6.07, 6.45) is 8.15. The van der Waals surface area contributed by atoms with Crippen molar-refractivity contribution >= 4 is 11.6 Å². The van der Waals surface area contributed by atoms with Gasteiger partial charge in [0.25, 0.3) is 0 Å². The molecule has 1 unspecified atom stereocenters. The Labute approximate surface area is 133 Å². The Morgan fingerprint density at radius 3 is 2.52 bits per heavy atom. The third-order valence-electron chi connectivity index (χ3n) is 5.13. The van der Waals surface area contributed by atoms with E-state index < -0.39 is 0 Å². The van der Waals surface area contributed by atoms with Gasteiger partial charge in [0.2, 0.25) is 0 Å². The van der Waals surface area contributed by atoms with Gasteiger partial charge in [0, 0.05) is 19.0 Å². The van der Waals surface area contributed by atoms with Crippen LogP contribution in [-0.2, 0) is 19.4 Å². The summed E-state index contributed by atoms with van der Waals surface area (Å²) in [5.74, 6) is 5.89. The molecule has 1 heterocycles. The van der Waals surface area contributed by atoms with Gasteiger partial charge in [-0.15, -0.1) is 0 Å². The summed E-state index contributed by atoms with van der Waals surface area (Å²) >= 11 is 6.54. The van der Waals surface area contributed by atoms with E-state index in [1.165, 1.54) is 32.1 Å². The molecule has 2 rings (SSSR count). The summed E-state index contributed by atoms with van der Waals surface area (Å²) in [6.45, 7) is 7.42. The maximum atomic E-state index is 6.54. The zero-order chi connectivity index (χ0) is 15.5. The van der Waals surface area contributed by atoms with Crippen LogP contribution in [0.2, 0.25) is 5.02 Å². The van der Waals surface area contributed by atoms with Crippen LogP contribution >= 0.6 is 11.6 Å². The van der Waals surface area contributed by atoms with Crippen LogP contribution in [0, 0.1) is 5.41 Å². The molecule has 1 atom stereocenters. The second-order valence-electron chi connectivity index (χ2n) is 6.51. The van der Waals surface area contributed by atoms with Gasteiger partial charge in [-0.2, -0.15) is 5.10 Å². The molecule has 4 nitrogen and oxygen atoms in total. The lowest BCUT2D eigenvalue weighted by Crippen LogP contribution is -2.49.